The number of nitrogens with zero attached hydrogens (tertiary/aromatic N) is 1. The van der Waals surface area contributed by atoms with Gasteiger partial charge in [-0.15, -0.1) is 0 Å². The van der Waals surface area contributed by atoms with E-state index in [4.69, 9.17) is 0 Å². The molecule has 0 bridgehead atoms. The molecule has 0 radical (unpaired) electrons. The molecule has 94 valence electrons. The molecule has 3 heteroatoms. The number of hydrogen-bond acceptors (Lipinski definition) is 3. The van der Waals surface area contributed by atoms with Crippen LogP contribution in [0.4, 0.5) is 5.69 Å². The molecule has 0 N–H and O–H groups in total. The maximum Gasteiger partial charge on any atom is 0.209 e. The average Bonchev–Trinajstić information content (AvgIpc) is 2.48. The lowest BCUT2D eigenvalue weighted by atomic mass is 10.1. The summed E-state index contributed by atoms with van der Waals surface area (Å²) < 4.78 is 0. The Morgan fingerprint density at radius 1 is 1.00 bits per heavy atom. The minimum atomic E-state index is 0.0603. The Labute approximate surface area is 116 Å². The molecule has 0 spiro atoms. The van der Waals surface area contributed by atoms with Crippen molar-refractivity contribution >= 4 is 23.2 Å². The van der Waals surface area contributed by atoms with Gasteiger partial charge < -0.3 is 4.90 Å². The number of hydrogen-bond donors (Lipinski definition) is 0. The van der Waals surface area contributed by atoms with Crippen LogP contribution in [0.25, 0.3) is 0 Å². The number of anilines is 1. The second-order valence-corrected chi connectivity index (χ2v) is 5.25. The van der Waals surface area contributed by atoms with Crippen LogP contribution < -0.4 is 4.90 Å². The third-order valence-corrected chi connectivity index (χ3v) is 4.09. The first-order valence-electron chi connectivity index (χ1n) is 6.07. The summed E-state index contributed by atoms with van der Waals surface area (Å²) in [6, 6.07) is 17.5. The molecule has 1 aliphatic rings. The summed E-state index contributed by atoms with van der Waals surface area (Å²) in [6.45, 7) is 0. The minimum Gasteiger partial charge on any atom is -0.340 e. The molecule has 2 nitrogen and oxygen atoms in total. The van der Waals surface area contributed by atoms with E-state index in [0.29, 0.717) is 0 Å². The molecule has 2 aromatic carbocycles. The van der Waals surface area contributed by atoms with Gasteiger partial charge in [0, 0.05) is 22.9 Å². The van der Waals surface area contributed by atoms with E-state index < -0.39 is 0 Å². The van der Waals surface area contributed by atoms with Gasteiger partial charge in [-0.25, -0.2) is 0 Å². The lowest BCUT2D eigenvalue weighted by Gasteiger charge is -2.27. The molecular formula is C16H13NOS. The van der Waals surface area contributed by atoms with E-state index in [1.807, 2.05) is 65.9 Å². The highest BCUT2D eigenvalue weighted by atomic mass is 32.2. The van der Waals surface area contributed by atoms with Crippen molar-refractivity contribution < 1.29 is 4.79 Å². The summed E-state index contributed by atoms with van der Waals surface area (Å²) in [5, 5.41) is 1.93. The highest BCUT2D eigenvalue weighted by molar-refractivity contribution is 8.02. The summed E-state index contributed by atoms with van der Waals surface area (Å²) in [7, 11) is 1.94. The highest BCUT2D eigenvalue weighted by Crippen LogP contribution is 2.38. The molecule has 19 heavy (non-hydrogen) atoms. The third kappa shape index (κ3) is 2.17. The monoisotopic (exact) mass is 267 g/mol. The van der Waals surface area contributed by atoms with Gasteiger partial charge in [-0.05, 0) is 12.1 Å². The number of benzene rings is 2. The van der Waals surface area contributed by atoms with E-state index in [2.05, 4.69) is 6.07 Å². The van der Waals surface area contributed by atoms with Gasteiger partial charge in [-0.1, -0.05) is 54.2 Å². The van der Waals surface area contributed by atoms with Crippen molar-refractivity contribution in [3.05, 3.63) is 71.3 Å². The minimum absolute atomic E-state index is 0.0603. The first kappa shape index (κ1) is 12.1. The molecule has 0 saturated carbocycles. The van der Waals surface area contributed by atoms with Gasteiger partial charge in [0.05, 0.1) is 11.4 Å². The summed E-state index contributed by atoms with van der Waals surface area (Å²) >= 11 is 1.60. The molecule has 2 aromatic rings. The van der Waals surface area contributed by atoms with Crippen molar-refractivity contribution in [2.75, 3.05) is 11.9 Å². The smallest absolute Gasteiger partial charge is 0.209 e. The lowest BCUT2D eigenvalue weighted by molar-refractivity contribution is 0.103. The molecule has 0 aromatic heterocycles. The van der Waals surface area contributed by atoms with Crippen molar-refractivity contribution in [2.45, 2.75) is 4.90 Å². The van der Waals surface area contributed by atoms with Crippen molar-refractivity contribution in [2.24, 2.45) is 0 Å². The fourth-order valence-corrected chi connectivity index (χ4v) is 3.09. The molecule has 0 saturated heterocycles. The quantitative estimate of drug-likeness (QED) is 0.768. The number of Topliss-reactive ketones (excluding diaryl/α,β-unsaturated/α-hetero) is 1. The van der Waals surface area contributed by atoms with E-state index in [1.54, 1.807) is 11.8 Å². The number of carbonyl (C=O) groups excluding carboxylic acids is 1. The fourth-order valence-electron chi connectivity index (χ4n) is 2.11. The third-order valence-electron chi connectivity index (χ3n) is 3.15. The van der Waals surface area contributed by atoms with Crippen LogP contribution in [-0.2, 0) is 0 Å². The number of likely N-dealkylation sites (N-methyl/N-ethyl adjacent to an activating group) is 1. The van der Waals surface area contributed by atoms with E-state index in [-0.39, 0.29) is 5.78 Å². The second-order valence-electron chi connectivity index (χ2n) is 4.34. The molecule has 0 aliphatic carbocycles. The number of ketones is 1. The summed E-state index contributed by atoms with van der Waals surface area (Å²) in [5.41, 5.74) is 2.52. The van der Waals surface area contributed by atoms with E-state index in [1.165, 1.54) is 4.90 Å². The number of rotatable bonds is 2. The standard InChI is InChI=1S/C16H13NOS/c1-17-13-9-5-6-10-15(13)19-11-14(17)16(18)12-7-3-2-4-8-12/h2-11H,1H3. The van der Waals surface area contributed by atoms with Crippen LogP contribution in [0.2, 0.25) is 0 Å². The van der Waals surface area contributed by atoms with Crippen molar-refractivity contribution in [1.82, 2.24) is 0 Å². The Hall–Kier alpha value is -2.00. The topological polar surface area (TPSA) is 20.3 Å². The summed E-state index contributed by atoms with van der Waals surface area (Å²) in [4.78, 5) is 15.6. The van der Waals surface area contributed by atoms with E-state index in [9.17, 15) is 4.79 Å². The van der Waals surface area contributed by atoms with Gasteiger partial charge in [0.25, 0.3) is 0 Å². The van der Waals surface area contributed by atoms with Gasteiger partial charge in [-0.2, -0.15) is 0 Å². The van der Waals surface area contributed by atoms with Crippen molar-refractivity contribution in [3.8, 4) is 0 Å². The average molecular weight is 267 g/mol. The number of thioether (sulfide) groups is 1. The summed E-state index contributed by atoms with van der Waals surface area (Å²) in [6.07, 6.45) is 0. The van der Waals surface area contributed by atoms with Crippen LogP contribution in [0.15, 0.2) is 70.6 Å². The maximum atomic E-state index is 12.5. The van der Waals surface area contributed by atoms with Crippen LogP contribution in [-0.4, -0.2) is 12.8 Å². The summed E-state index contributed by atoms with van der Waals surface area (Å²) in [5.74, 6) is 0.0603. The Bertz CT molecular complexity index is 649. The number of carbonyl (C=O) groups is 1. The predicted molar refractivity (Wildman–Crippen MR) is 79.6 cm³/mol. The maximum absolute atomic E-state index is 12.5. The van der Waals surface area contributed by atoms with Crippen LogP contribution >= 0.6 is 11.8 Å². The normalized spacial score (nSPS) is 13.7. The largest absolute Gasteiger partial charge is 0.340 e. The lowest BCUT2D eigenvalue weighted by Crippen LogP contribution is -2.25. The van der Waals surface area contributed by atoms with Gasteiger partial charge >= 0.3 is 0 Å². The van der Waals surface area contributed by atoms with Gasteiger partial charge in [0.1, 0.15) is 0 Å². The molecule has 0 amide bonds. The molecule has 0 unspecified atom stereocenters. The Kier molecular flexibility index (Phi) is 3.13. The SMILES string of the molecule is CN1C(C(=O)c2ccccc2)=CSc2ccccc21. The van der Waals surface area contributed by atoms with Gasteiger partial charge in [-0.3, -0.25) is 4.79 Å². The molecule has 0 atom stereocenters. The van der Waals surface area contributed by atoms with Gasteiger partial charge in [0.2, 0.25) is 5.78 Å². The zero-order chi connectivity index (χ0) is 13.2. The Balaban J connectivity index is 1.96. The molecular weight excluding hydrogens is 254 g/mol. The number of para-hydroxylation sites is 1. The Morgan fingerprint density at radius 2 is 1.68 bits per heavy atom. The van der Waals surface area contributed by atoms with Crippen LogP contribution in [0.5, 0.6) is 0 Å². The zero-order valence-electron chi connectivity index (χ0n) is 10.5. The number of allylic oxidation sites excluding steroid dienone is 1. The first-order chi connectivity index (χ1) is 9.27. The van der Waals surface area contributed by atoms with Gasteiger partial charge in [0.15, 0.2) is 0 Å². The Morgan fingerprint density at radius 3 is 2.47 bits per heavy atom. The second kappa shape index (κ2) is 4.94. The molecule has 3 rings (SSSR count). The zero-order valence-corrected chi connectivity index (χ0v) is 11.4. The molecule has 1 heterocycles. The van der Waals surface area contributed by atoms with Crippen LogP contribution in [0, 0.1) is 0 Å². The number of fused-ring (bicyclic) bond motifs is 1. The molecule has 1 aliphatic heterocycles. The predicted octanol–water partition coefficient (Wildman–Crippen LogP) is 3.95. The van der Waals surface area contributed by atoms with Crippen molar-refractivity contribution in [1.29, 1.82) is 0 Å². The van der Waals surface area contributed by atoms with Crippen LogP contribution in [0.1, 0.15) is 10.4 Å². The van der Waals surface area contributed by atoms with Crippen LogP contribution in [0.3, 0.4) is 0 Å². The van der Waals surface area contributed by atoms with E-state index >= 15 is 0 Å². The highest BCUT2D eigenvalue weighted by Gasteiger charge is 2.22. The van der Waals surface area contributed by atoms with E-state index in [0.717, 1.165) is 16.9 Å². The first-order valence-corrected chi connectivity index (χ1v) is 6.94. The fraction of sp³-hybridized carbons (Fsp3) is 0.0625. The molecule has 0 fully saturated rings. The van der Waals surface area contributed by atoms with Crippen molar-refractivity contribution in [3.63, 3.8) is 0 Å².